The van der Waals surface area contributed by atoms with E-state index in [2.05, 4.69) is 158 Å². The third-order valence-electron chi connectivity index (χ3n) is 8.52. The van der Waals surface area contributed by atoms with Crippen molar-refractivity contribution in [3.8, 4) is 33.4 Å². The van der Waals surface area contributed by atoms with Gasteiger partial charge in [-0.1, -0.05) is 121 Å². The van der Waals surface area contributed by atoms with Crippen LogP contribution in [-0.2, 0) is 0 Å². The summed E-state index contributed by atoms with van der Waals surface area (Å²) < 4.78 is 0. The van der Waals surface area contributed by atoms with Gasteiger partial charge in [0.1, 0.15) is 0 Å². The molecule has 0 heterocycles. The topological polar surface area (TPSA) is 0 Å². The minimum Gasteiger partial charge on any atom is -0.130 e. The quantitative estimate of drug-likeness (QED) is 0.155. The van der Waals surface area contributed by atoms with Crippen LogP contribution in [0.25, 0.3) is 76.5 Å². The van der Waals surface area contributed by atoms with Crippen LogP contribution in [0.1, 0.15) is 0 Å². The highest BCUT2D eigenvalue weighted by Crippen LogP contribution is 2.45. The second-order valence-electron chi connectivity index (χ2n) is 10.9. The molecule has 0 aliphatic heterocycles. The zero-order chi connectivity index (χ0) is 28.0. The van der Waals surface area contributed by atoms with Crippen molar-refractivity contribution in [1.82, 2.24) is 0 Å². The molecule has 0 unspecified atom stereocenters. The first-order chi connectivity index (χ1) is 20.8. The Morgan fingerprint density at radius 2 is 0.786 bits per heavy atom. The van der Waals surface area contributed by atoms with Crippen molar-refractivity contribution in [2.45, 2.75) is 4.90 Å². The van der Waals surface area contributed by atoms with E-state index in [-0.39, 0.29) is 0 Å². The first-order valence-corrected chi connectivity index (χ1v) is 15.6. The second-order valence-corrected chi connectivity index (χ2v) is 11.8. The summed E-state index contributed by atoms with van der Waals surface area (Å²) in [6.45, 7) is 0. The highest BCUT2D eigenvalue weighted by molar-refractivity contribution is 7.98. The Kier molecular flexibility index (Phi) is 6.05. The smallest absolute Gasteiger partial charge is 0.00695 e. The van der Waals surface area contributed by atoms with Crippen molar-refractivity contribution in [2.75, 3.05) is 6.26 Å². The highest BCUT2D eigenvalue weighted by atomic mass is 32.2. The van der Waals surface area contributed by atoms with Crippen LogP contribution in [-0.4, -0.2) is 6.26 Å². The molecule has 0 nitrogen and oxygen atoms in total. The van der Waals surface area contributed by atoms with E-state index in [1.165, 1.54) is 81.4 Å². The second kappa shape index (κ2) is 10.2. The largest absolute Gasteiger partial charge is 0.130 e. The van der Waals surface area contributed by atoms with Crippen molar-refractivity contribution < 1.29 is 0 Å². The minimum absolute atomic E-state index is 1.23. The Labute approximate surface area is 250 Å². The summed E-state index contributed by atoms with van der Waals surface area (Å²) >= 11 is 1.78. The minimum atomic E-state index is 1.23. The SMILES string of the molecule is CSc1ccc(-c2ccc3c(-c4ccc5ccccc5c4)c4ccccc4c(-c4ccc5ccccc5c4)c3c2)cc1. The Hall–Kier alpha value is -4.85. The molecular weight excluding hydrogens is 525 g/mol. The summed E-state index contributed by atoms with van der Waals surface area (Å²) in [4.78, 5) is 1.28. The fourth-order valence-corrected chi connectivity index (χ4v) is 6.86. The lowest BCUT2D eigenvalue weighted by Gasteiger charge is -2.19. The fraction of sp³-hybridized carbons (Fsp3) is 0.0244. The molecule has 0 N–H and O–H groups in total. The fourth-order valence-electron chi connectivity index (χ4n) is 6.45. The van der Waals surface area contributed by atoms with Crippen LogP contribution < -0.4 is 0 Å². The first kappa shape index (κ1) is 24.9. The number of benzene rings is 8. The summed E-state index contributed by atoms with van der Waals surface area (Å²) in [5, 5.41) is 10.1. The van der Waals surface area contributed by atoms with Gasteiger partial charge in [-0.3, -0.25) is 0 Å². The molecule has 198 valence electrons. The zero-order valence-electron chi connectivity index (χ0n) is 23.3. The first-order valence-electron chi connectivity index (χ1n) is 14.4. The standard InChI is InChI=1S/C41H28S/c1-42-35-21-18-29(19-22-35)32-20-23-38-39(26-32)41(34-17-15-28-9-3-5-11-31(28)25-34)37-13-7-6-12-36(37)40(38)33-16-14-27-8-2-4-10-30(27)24-33/h2-26H,1H3. The van der Waals surface area contributed by atoms with E-state index < -0.39 is 0 Å². The molecule has 1 heteroatoms. The Morgan fingerprint density at radius 3 is 1.36 bits per heavy atom. The molecule has 0 aliphatic rings. The van der Waals surface area contributed by atoms with Crippen molar-refractivity contribution in [2.24, 2.45) is 0 Å². The Morgan fingerprint density at radius 1 is 0.333 bits per heavy atom. The molecule has 0 radical (unpaired) electrons. The number of thioether (sulfide) groups is 1. The molecule has 0 saturated heterocycles. The van der Waals surface area contributed by atoms with Gasteiger partial charge in [-0.15, -0.1) is 11.8 Å². The molecule has 0 amide bonds. The van der Waals surface area contributed by atoms with Gasteiger partial charge in [0.2, 0.25) is 0 Å². The Balaban J connectivity index is 1.48. The van der Waals surface area contributed by atoms with Crippen LogP contribution in [0, 0.1) is 0 Å². The van der Waals surface area contributed by atoms with E-state index in [9.17, 15) is 0 Å². The van der Waals surface area contributed by atoms with Crippen molar-refractivity contribution >= 4 is 54.9 Å². The Bertz CT molecular complexity index is 2280. The van der Waals surface area contributed by atoms with E-state index in [1.807, 2.05) is 0 Å². The van der Waals surface area contributed by atoms with E-state index in [0.717, 1.165) is 0 Å². The summed E-state index contributed by atoms with van der Waals surface area (Å²) in [5.74, 6) is 0. The summed E-state index contributed by atoms with van der Waals surface area (Å²) in [6, 6.07) is 56.0. The summed E-state index contributed by atoms with van der Waals surface area (Å²) in [5.41, 5.74) is 7.54. The molecule has 0 aliphatic carbocycles. The van der Waals surface area contributed by atoms with Gasteiger partial charge in [-0.05, 0) is 113 Å². The average Bonchev–Trinajstić information content (AvgIpc) is 3.06. The summed E-state index contributed by atoms with van der Waals surface area (Å²) in [6.07, 6.45) is 2.13. The summed E-state index contributed by atoms with van der Waals surface area (Å²) in [7, 11) is 0. The number of rotatable bonds is 4. The average molecular weight is 553 g/mol. The molecule has 0 atom stereocenters. The zero-order valence-corrected chi connectivity index (χ0v) is 24.2. The van der Waals surface area contributed by atoms with Crippen LogP contribution in [0.5, 0.6) is 0 Å². The maximum atomic E-state index is 2.41. The van der Waals surface area contributed by atoms with Gasteiger partial charge >= 0.3 is 0 Å². The lowest BCUT2D eigenvalue weighted by atomic mass is 9.84. The van der Waals surface area contributed by atoms with E-state index >= 15 is 0 Å². The van der Waals surface area contributed by atoms with Gasteiger partial charge in [-0.25, -0.2) is 0 Å². The van der Waals surface area contributed by atoms with Crippen molar-refractivity contribution in [3.63, 3.8) is 0 Å². The van der Waals surface area contributed by atoms with Gasteiger partial charge in [0.05, 0.1) is 0 Å². The molecule has 8 aromatic rings. The van der Waals surface area contributed by atoms with Gasteiger partial charge < -0.3 is 0 Å². The molecule has 42 heavy (non-hydrogen) atoms. The lowest BCUT2D eigenvalue weighted by molar-refractivity contribution is 1.46. The van der Waals surface area contributed by atoms with Crippen LogP contribution >= 0.6 is 11.8 Å². The highest BCUT2D eigenvalue weighted by Gasteiger charge is 2.18. The third-order valence-corrected chi connectivity index (χ3v) is 9.27. The van der Waals surface area contributed by atoms with Crippen molar-refractivity contribution in [1.29, 1.82) is 0 Å². The normalized spacial score (nSPS) is 11.5. The van der Waals surface area contributed by atoms with Crippen molar-refractivity contribution in [3.05, 3.63) is 152 Å². The van der Waals surface area contributed by atoms with Gasteiger partial charge in [-0.2, -0.15) is 0 Å². The monoisotopic (exact) mass is 552 g/mol. The molecular formula is C41H28S. The maximum absolute atomic E-state index is 2.41. The molecule has 0 saturated carbocycles. The number of fused-ring (bicyclic) bond motifs is 4. The van der Waals surface area contributed by atoms with Gasteiger partial charge in [0.15, 0.2) is 0 Å². The molecule has 8 aromatic carbocycles. The molecule has 0 aromatic heterocycles. The maximum Gasteiger partial charge on any atom is 0.00695 e. The predicted octanol–water partition coefficient (Wildman–Crippen LogP) is 12.0. The van der Waals surface area contributed by atoms with E-state index in [4.69, 9.17) is 0 Å². The van der Waals surface area contributed by atoms with Gasteiger partial charge in [0.25, 0.3) is 0 Å². The third kappa shape index (κ3) is 4.17. The van der Waals surface area contributed by atoms with Crippen LogP contribution in [0.2, 0.25) is 0 Å². The molecule has 0 spiro atoms. The van der Waals surface area contributed by atoms with Gasteiger partial charge in [0, 0.05) is 4.90 Å². The van der Waals surface area contributed by atoms with Crippen LogP contribution in [0.3, 0.4) is 0 Å². The number of hydrogen-bond acceptors (Lipinski definition) is 1. The number of hydrogen-bond donors (Lipinski definition) is 0. The van der Waals surface area contributed by atoms with E-state index in [1.54, 1.807) is 11.8 Å². The molecule has 0 bridgehead atoms. The lowest BCUT2D eigenvalue weighted by Crippen LogP contribution is -1.92. The van der Waals surface area contributed by atoms with Crippen LogP contribution in [0.15, 0.2) is 157 Å². The predicted molar refractivity (Wildman–Crippen MR) is 185 cm³/mol. The van der Waals surface area contributed by atoms with Crippen LogP contribution in [0.4, 0.5) is 0 Å². The van der Waals surface area contributed by atoms with E-state index in [0.29, 0.717) is 0 Å². The molecule has 0 fully saturated rings. The molecule has 8 rings (SSSR count).